The lowest BCUT2D eigenvalue weighted by Gasteiger charge is -2.31. The van der Waals surface area contributed by atoms with E-state index in [9.17, 15) is 13.2 Å². The second kappa shape index (κ2) is 9.00. The number of aromatic nitrogens is 2. The second-order valence-electron chi connectivity index (χ2n) is 8.13. The first-order chi connectivity index (χ1) is 15.7. The molecule has 0 radical (unpaired) electrons. The number of hydrogen-bond acceptors (Lipinski definition) is 8. The maximum atomic E-state index is 13.3. The molecule has 0 atom stereocenters. The molecule has 0 aliphatic carbocycles. The van der Waals surface area contributed by atoms with Crippen molar-refractivity contribution in [2.45, 2.75) is 18.2 Å². The van der Waals surface area contributed by atoms with Crippen LogP contribution in [-0.4, -0.2) is 67.4 Å². The molecule has 0 amide bonds. The number of anilines is 2. The zero-order valence-electron chi connectivity index (χ0n) is 18.7. The Morgan fingerprint density at radius 2 is 1.79 bits per heavy atom. The van der Waals surface area contributed by atoms with Crippen LogP contribution in [0.3, 0.4) is 0 Å². The molecule has 0 spiro atoms. The Bertz CT molecular complexity index is 1350. The Hall–Kier alpha value is -3.15. The first kappa shape index (κ1) is 23.0. The fourth-order valence-corrected chi connectivity index (χ4v) is 5.17. The van der Waals surface area contributed by atoms with Crippen LogP contribution in [-0.2, 0) is 10.0 Å². The number of piperazine rings is 1. The number of rotatable bonds is 6. The number of benzene rings is 2. The summed E-state index contributed by atoms with van der Waals surface area (Å²) in [6.07, 6.45) is 0.762. The van der Waals surface area contributed by atoms with Crippen molar-refractivity contribution in [1.29, 1.82) is 0 Å². The van der Waals surface area contributed by atoms with Gasteiger partial charge in [0.2, 0.25) is 10.0 Å². The van der Waals surface area contributed by atoms with Gasteiger partial charge in [-0.15, -0.1) is 0 Å². The minimum Gasteiger partial charge on any atom is -0.493 e. The number of hydrogen-bond donors (Lipinski definition) is 3. The Kier molecular flexibility index (Phi) is 6.28. The van der Waals surface area contributed by atoms with Crippen LogP contribution in [0, 0.1) is 0 Å². The summed E-state index contributed by atoms with van der Waals surface area (Å²) < 4.78 is 33.9. The van der Waals surface area contributed by atoms with Crippen LogP contribution >= 0.6 is 0 Å². The van der Waals surface area contributed by atoms with Crippen LogP contribution in [0.25, 0.3) is 22.3 Å². The third kappa shape index (κ3) is 4.52. The van der Waals surface area contributed by atoms with Gasteiger partial charge in [-0.05, 0) is 43.8 Å². The van der Waals surface area contributed by atoms with Crippen molar-refractivity contribution in [3.63, 3.8) is 0 Å². The van der Waals surface area contributed by atoms with Crippen molar-refractivity contribution in [3.05, 3.63) is 40.7 Å². The fourth-order valence-electron chi connectivity index (χ4n) is 3.72. The maximum absolute atomic E-state index is 13.3. The van der Waals surface area contributed by atoms with E-state index >= 15 is 0 Å². The van der Waals surface area contributed by atoms with Crippen LogP contribution in [0.2, 0.25) is 0 Å². The monoisotopic (exact) mass is 472 g/mol. The SMILES string of the molecule is CCCOc1ccc(S(=O)(=O)N2CCN(C)CC2)cc1-c1nc2cc(N)c(N)cc2c(=O)[nH]1. The van der Waals surface area contributed by atoms with Crippen LogP contribution in [0.5, 0.6) is 5.75 Å². The third-order valence-electron chi connectivity index (χ3n) is 5.68. The zero-order chi connectivity index (χ0) is 23.8. The minimum atomic E-state index is -3.72. The molecule has 33 heavy (non-hydrogen) atoms. The van der Waals surface area contributed by atoms with Gasteiger partial charge in [-0.2, -0.15) is 4.31 Å². The maximum Gasteiger partial charge on any atom is 0.259 e. The lowest BCUT2D eigenvalue weighted by atomic mass is 10.1. The molecule has 1 aromatic heterocycles. The van der Waals surface area contributed by atoms with E-state index in [4.69, 9.17) is 16.2 Å². The highest BCUT2D eigenvalue weighted by molar-refractivity contribution is 7.89. The summed E-state index contributed by atoms with van der Waals surface area (Å²) in [6, 6.07) is 7.64. The average molecular weight is 473 g/mol. The third-order valence-corrected chi connectivity index (χ3v) is 7.57. The summed E-state index contributed by atoms with van der Waals surface area (Å²) in [5, 5.41) is 0.294. The van der Waals surface area contributed by atoms with Gasteiger partial charge in [-0.1, -0.05) is 6.92 Å². The quantitative estimate of drug-likeness (QED) is 0.457. The molecule has 176 valence electrons. The van der Waals surface area contributed by atoms with Gasteiger partial charge in [0.1, 0.15) is 11.6 Å². The van der Waals surface area contributed by atoms with Crippen LogP contribution < -0.4 is 21.8 Å². The molecule has 0 saturated carbocycles. The fraction of sp³-hybridized carbons (Fsp3) is 0.364. The molecule has 1 saturated heterocycles. The Morgan fingerprint density at radius 1 is 1.09 bits per heavy atom. The van der Waals surface area contributed by atoms with Crippen molar-refractivity contribution >= 4 is 32.3 Å². The van der Waals surface area contributed by atoms with Gasteiger partial charge < -0.3 is 26.1 Å². The number of sulfonamides is 1. The Morgan fingerprint density at radius 3 is 2.48 bits per heavy atom. The molecule has 1 aliphatic rings. The first-order valence-corrected chi connectivity index (χ1v) is 12.2. The molecule has 2 heterocycles. The summed E-state index contributed by atoms with van der Waals surface area (Å²) >= 11 is 0. The van der Waals surface area contributed by atoms with Gasteiger partial charge in [-0.25, -0.2) is 13.4 Å². The molecule has 1 aliphatic heterocycles. The molecule has 0 unspecified atom stereocenters. The zero-order valence-corrected chi connectivity index (χ0v) is 19.5. The summed E-state index contributed by atoms with van der Waals surface area (Å²) in [7, 11) is -1.76. The van der Waals surface area contributed by atoms with E-state index in [0.29, 0.717) is 60.7 Å². The van der Waals surface area contributed by atoms with Gasteiger partial charge in [0.05, 0.1) is 39.3 Å². The summed E-state index contributed by atoms with van der Waals surface area (Å²) in [4.78, 5) is 22.2. The van der Waals surface area contributed by atoms with Crippen molar-refractivity contribution in [1.82, 2.24) is 19.2 Å². The predicted octanol–water partition coefficient (Wildman–Crippen LogP) is 1.48. The molecule has 1 fully saturated rings. The molecule has 0 bridgehead atoms. The lowest BCUT2D eigenvalue weighted by Crippen LogP contribution is -2.47. The summed E-state index contributed by atoms with van der Waals surface area (Å²) in [6.45, 7) is 4.54. The van der Waals surface area contributed by atoms with E-state index < -0.39 is 15.6 Å². The standard InChI is InChI=1S/C22H28N6O4S/c1-3-10-32-20-5-4-14(33(30,31)28-8-6-27(2)7-9-28)11-16(20)21-25-19-13-18(24)17(23)12-15(19)22(29)26-21/h4-5,11-13H,3,6-10,23-24H2,1-2H3,(H,25,26,29). The Balaban J connectivity index is 1.84. The van der Waals surface area contributed by atoms with Crippen LogP contribution in [0.15, 0.2) is 40.0 Å². The van der Waals surface area contributed by atoms with E-state index in [-0.39, 0.29) is 16.4 Å². The smallest absolute Gasteiger partial charge is 0.259 e. The lowest BCUT2D eigenvalue weighted by molar-refractivity contribution is 0.222. The van der Waals surface area contributed by atoms with E-state index in [1.165, 1.54) is 28.6 Å². The van der Waals surface area contributed by atoms with Gasteiger partial charge in [0.15, 0.2) is 0 Å². The summed E-state index contributed by atoms with van der Waals surface area (Å²) in [5.74, 6) is 0.623. The van der Waals surface area contributed by atoms with Gasteiger partial charge in [0, 0.05) is 26.2 Å². The van der Waals surface area contributed by atoms with Crippen LogP contribution in [0.1, 0.15) is 13.3 Å². The second-order valence-corrected chi connectivity index (χ2v) is 10.1. The topological polar surface area (TPSA) is 148 Å². The number of H-pyrrole nitrogens is 1. The van der Waals surface area contributed by atoms with Crippen molar-refractivity contribution in [2.24, 2.45) is 0 Å². The van der Waals surface area contributed by atoms with Crippen molar-refractivity contribution in [2.75, 3.05) is 51.3 Å². The van der Waals surface area contributed by atoms with E-state index in [1.807, 2.05) is 14.0 Å². The number of likely N-dealkylation sites (N-methyl/N-ethyl adjacent to an activating group) is 1. The van der Waals surface area contributed by atoms with Crippen molar-refractivity contribution < 1.29 is 13.2 Å². The Labute approximate surface area is 192 Å². The number of nitrogens with zero attached hydrogens (tertiary/aromatic N) is 3. The molecular weight excluding hydrogens is 444 g/mol. The molecule has 4 rings (SSSR count). The molecular formula is C22H28N6O4S. The van der Waals surface area contributed by atoms with Gasteiger partial charge in [-0.3, -0.25) is 4.79 Å². The van der Waals surface area contributed by atoms with E-state index in [1.54, 1.807) is 6.07 Å². The predicted molar refractivity (Wildman–Crippen MR) is 129 cm³/mol. The average Bonchev–Trinajstić information content (AvgIpc) is 2.79. The number of ether oxygens (including phenoxy) is 1. The molecule has 10 nitrogen and oxygen atoms in total. The number of nitrogens with two attached hydrogens (primary N) is 2. The number of aromatic amines is 1. The molecule has 3 aromatic rings. The highest BCUT2D eigenvalue weighted by Gasteiger charge is 2.28. The number of fused-ring (bicyclic) bond motifs is 1. The van der Waals surface area contributed by atoms with Crippen LogP contribution in [0.4, 0.5) is 11.4 Å². The number of nitrogens with one attached hydrogen (secondary N) is 1. The molecule has 11 heteroatoms. The molecule has 5 N–H and O–H groups in total. The number of nitrogen functional groups attached to an aromatic ring is 2. The van der Waals surface area contributed by atoms with Crippen molar-refractivity contribution in [3.8, 4) is 17.1 Å². The highest BCUT2D eigenvalue weighted by Crippen LogP contribution is 2.32. The van der Waals surface area contributed by atoms with E-state index in [0.717, 1.165) is 6.42 Å². The highest BCUT2D eigenvalue weighted by atomic mass is 32.2. The normalized spacial score (nSPS) is 15.7. The molecule has 2 aromatic carbocycles. The van der Waals surface area contributed by atoms with E-state index in [2.05, 4.69) is 14.9 Å². The minimum absolute atomic E-state index is 0.116. The van der Waals surface area contributed by atoms with Gasteiger partial charge in [0.25, 0.3) is 5.56 Å². The van der Waals surface area contributed by atoms with Gasteiger partial charge >= 0.3 is 0 Å². The summed E-state index contributed by atoms with van der Waals surface area (Å²) in [5.41, 5.74) is 12.7. The first-order valence-electron chi connectivity index (χ1n) is 10.8. The largest absolute Gasteiger partial charge is 0.493 e.